The third kappa shape index (κ3) is 4.01. The van der Waals surface area contributed by atoms with Crippen molar-refractivity contribution in [1.29, 1.82) is 0 Å². The lowest BCUT2D eigenvalue weighted by Gasteiger charge is -2.18. The Morgan fingerprint density at radius 1 is 1.31 bits per heavy atom. The number of halogens is 5. The van der Waals surface area contributed by atoms with Crippen LogP contribution in [0.5, 0.6) is 0 Å². The molecule has 1 aromatic carbocycles. The van der Waals surface area contributed by atoms with Gasteiger partial charge in [0.1, 0.15) is 11.5 Å². The van der Waals surface area contributed by atoms with Crippen molar-refractivity contribution >= 4 is 23.3 Å². The molecule has 0 fully saturated rings. The van der Waals surface area contributed by atoms with E-state index in [9.17, 15) is 31.9 Å². The zero-order valence-electron chi connectivity index (χ0n) is 16.9. The van der Waals surface area contributed by atoms with Gasteiger partial charge in [-0.15, -0.1) is 0 Å². The van der Waals surface area contributed by atoms with Crippen molar-refractivity contribution in [1.82, 2.24) is 9.13 Å². The number of aromatic nitrogens is 2. The summed E-state index contributed by atoms with van der Waals surface area (Å²) in [5.41, 5.74) is -6.32. The Kier molecular flexibility index (Phi) is 5.94. The van der Waals surface area contributed by atoms with Crippen LogP contribution in [-0.2, 0) is 27.6 Å². The zero-order chi connectivity index (χ0) is 24.0. The van der Waals surface area contributed by atoms with Gasteiger partial charge in [-0.1, -0.05) is 16.8 Å². The predicted molar refractivity (Wildman–Crippen MR) is 105 cm³/mol. The highest BCUT2D eigenvalue weighted by Gasteiger charge is 2.44. The first-order chi connectivity index (χ1) is 14.8. The average molecular weight is 478 g/mol. The second-order valence-corrected chi connectivity index (χ2v) is 7.49. The van der Waals surface area contributed by atoms with Crippen LogP contribution in [0.3, 0.4) is 0 Å². The Morgan fingerprint density at radius 2 is 1.97 bits per heavy atom. The molecule has 2 aromatic rings. The molecule has 32 heavy (non-hydrogen) atoms. The summed E-state index contributed by atoms with van der Waals surface area (Å²) in [6.45, 7) is 3.11. The minimum Gasteiger partial charge on any atom is -0.463 e. The van der Waals surface area contributed by atoms with E-state index in [0.717, 1.165) is 19.2 Å². The molecule has 0 radical (unpaired) electrons. The third-order valence-corrected chi connectivity index (χ3v) is 5.08. The van der Waals surface area contributed by atoms with E-state index in [4.69, 9.17) is 21.2 Å². The second kappa shape index (κ2) is 8.08. The number of alkyl halides is 3. The molecule has 13 heteroatoms. The van der Waals surface area contributed by atoms with E-state index in [1.807, 2.05) is 0 Å². The van der Waals surface area contributed by atoms with Crippen LogP contribution >= 0.6 is 11.6 Å². The molecule has 1 aliphatic rings. The van der Waals surface area contributed by atoms with Gasteiger partial charge in [0.05, 0.1) is 23.0 Å². The fourth-order valence-electron chi connectivity index (χ4n) is 3.13. The molecule has 8 nitrogen and oxygen atoms in total. The van der Waals surface area contributed by atoms with E-state index < -0.39 is 46.2 Å². The maximum absolute atomic E-state index is 14.7. The minimum absolute atomic E-state index is 0.0185. The van der Waals surface area contributed by atoms with Gasteiger partial charge in [-0.05, 0) is 26.0 Å². The molecule has 1 atom stereocenters. The van der Waals surface area contributed by atoms with Crippen molar-refractivity contribution in [3.8, 4) is 5.69 Å². The van der Waals surface area contributed by atoms with Crippen molar-refractivity contribution in [2.75, 3.05) is 6.61 Å². The SMILES string of the molecule is CCOC(=O)[C@]1(C)CC(c2cc(-n3c(=O)cc(C(F)(F)F)n(C)c3=O)c(F)cc2Cl)=NO1. The molecule has 0 unspecified atom stereocenters. The molecule has 2 heterocycles. The first-order valence-corrected chi connectivity index (χ1v) is 9.50. The number of hydrogen-bond donors (Lipinski definition) is 0. The zero-order valence-corrected chi connectivity index (χ0v) is 17.7. The summed E-state index contributed by atoms with van der Waals surface area (Å²) in [6.07, 6.45) is -5.10. The topological polar surface area (TPSA) is 91.9 Å². The summed E-state index contributed by atoms with van der Waals surface area (Å²) in [4.78, 5) is 42.1. The number of esters is 1. The maximum atomic E-state index is 14.7. The Hall–Kier alpha value is -3.15. The summed E-state index contributed by atoms with van der Waals surface area (Å²) in [5.74, 6) is -1.84. The van der Waals surface area contributed by atoms with Crippen LogP contribution in [0.25, 0.3) is 5.69 Å². The van der Waals surface area contributed by atoms with Crippen LogP contribution in [0.4, 0.5) is 17.6 Å². The van der Waals surface area contributed by atoms with Crippen molar-refractivity contribution < 1.29 is 31.9 Å². The number of oxime groups is 1. The lowest BCUT2D eigenvalue weighted by Crippen LogP contribution is -2.41. The number of rotatable bonds is 4. The number of nitrogens with zero attached hydrogens (tertiary/aromatic N) is 3. The Bertz CT molecular complexity index is 1250. The smallest absolute Gasteiger partial charge is 0.431 e. The maximum Gasteiger partial charge on any atom is 0.431 e. The largest absolute Gasteiger partial charge is 0.463 e. The van der Waals surface area contributed by atoms with E-state index in [0.29, 0.717) is 0 Å². The lowest BCUT2D eigenvalue weighted by atomic mass is 9.95. The van der Waals surface area contributed by atoms with Gasteiger partial charge in [0.2, 0.25) is 5.60 Å². The molecular weight excluding hydrogens is 462 g/mol. The molecule has 0 spiro atoms. The van der Waals surface area contributed by atoms with Gasteiger partial charge in [-0.2, -0.15) is 13.2 Å². The molecule has 0 amide bonds. The number of carbonyl (C=O) groups excluding carboxylic acids is 1. The van der Waals surface area contributed by atoms with Crippen molar-refractivity contribution in [3.63, 3.8) is 0 Å². The van der Waals surface area contributed by atoms with Crippen LogP contribution in [0.2, 0.25) is 5.02 Å². The molecule has 0 saturated heterocycles. The number of ether oxygens (including phenoxy) is 1. The highest BCUT2D eigenvalue weighted by Crippen LogP contribution is 2.32. The lowest BCUT2D eigenvalue weighted by molar-refractivity contribution is -0.166. The standard InChI is InChI=1S/C19H16ClF4N3O5/c1-4-31-16(29)18(2)8-12(25-32-18)9-5-13(11(21)6-10(9)20)27-15(28)7-14(19(22,23)24)26(3)17(27)30/h5-7H,4,8H2,1-3H3/t18-/m0/s1. The van der Waals surface area contributed by atoms with E-state index in [2.05, 4.69) is 5.16 Å². The van der Waals surface area contributed by atoms with Gasteiger partial charge in [0.15, 0.2) is 0 Å². The Balaban J connectivity index is 2.13. The van der Waals surface area contributed by atoms with Crippen molar-refractivity contribution in [3.05, 3.63) is 61.1 Å². The van der Waals surface area contributed by atoms with Crippen LogP contribution in [-0.4, -0.2) is 33.0 Å². The summed E-state index contributed by atoms with van der Waals surface area (Å²) in [5, 5.41) is 3.60. The minimum atomic E-state index is -4.97. The van der Waals surface area contributed by atoms with E-state index in [-0.39, 0.29) is 44.5 Å². The molecule has 172 valence electrons. The molecule has 1 aliphatic heterocycles. The third-order valence-electron chi connectivity index (χ3n) is 4.77. The summed E-state index contributed by atoms with van der Waals surface area (Å²) < 4.78 is 59.2. The first-order valence-electron chi connectivity index (χ1n) is 9.12. The normalized spacial score (nSPS) is 18.3. The molecule has 0 N–H and O–H groups in total. The van der Waals surface area contributed by atoms with Crippen molar-refractivity contribution in [2.45, 2.75) is 32.0 Å². The van der Waals surface area contributed by atoms with E-state index >= 15 is 0 Å². The second-order valence-electron chi connectivity index (χ2n) is 7.08. The molecule has 1 aromatic heterocycles. The molecular formula is C19H16ClF4N3O5. The Morgan fingerprint density at radius 3 is 2.56 bits per heavy atom. The number of hydrogen-bond acceptors (Lipinski definition) is 6. The molecule has 0 aliphatic carbocycles. The number of carbonyl (C=O) groups is 1. The fraction of sp³-hybridized carbons (Fsp3) is 0.368. The van der Waals surface area contributed by atoms with Gasteiger partial charge in [-0.25, -0.2) is 18.5 Å². The van der Waals surface area contributed by atoms with Crippen LogP contribution in [0.15, 0.2) is 32.9 Å². The van der Waals surface area contributed by atoms with Crippen LogP contribution in [0.1, 0.15) is 31.5 Å². The van der Waals surface area contributed by atoms with Gasteiger partial charge >= 0.3 is 17.8 Å². The quantitative estimate of drug-likeness (QED) is 0.499. The molecule has 0 saturated carbocycles. The average Bonchev–Trinajstić information content (AvgIpc) is 3.09. The van der Waals surface area contributed by atoms with Crippen molar-refractivity contribution in [2.24, 2.45) is 12.2 Å². The summed E-state index contributed by atoms with van der Waals surface area (Å²) in [7, 11) is 0.801. The van der Waals surface area contributed by atoms with Gasteiger partial charge in [-0.3, -0.25) is 9.36 Å². The summed E-state index contributed by atoms with van der Waals surface area (Å²) >= 11 is 6.09. The van der Waals surface area contributed by atoms with Crippen LogP contribution in [0, 0.1) is 5.82 Å². The fourth-order valence-corrected chi connectivity index (χ4v) is 3.39. The van der Waals surface area contributed by atoms with Gasteiger partial charge in [0.25, 0.3) is 5.56 Å². The van der Waals surface area contributed by atoms with Gasteiger partial charge in [0, 0.05) is 25.1 Å². The van der Waals surface area contributed by atoms with E-state index in [1.165, 1.54) is 6.92 Å². The van der Waals surface area contributed by atoms with E-state index in [1.54, 1.807) is 6.92 Å². The molecule has 3 rings (SSSR count). The number of benzene rings is 1. The predicted octanol–water partition coefficient (Wildman–Crippen LogP) is 2.79. The van der Waals surface area contributed by atoms with Crippen LogP contribution < -0.4 is 11.2 Å². The monoisotopic (exact) mass is 477 g/mol. The summed E-state index contributed by atoms with van der Waals surface area (Å²) in [6, 6.07) is 1.94. The molecule has 0 bridgehead atoms. The highest BCUT2D eigenvalue weighted by molar-refractivity contribution is 6.34. The van der Waals surface area contributed by atoms with Gasteiger partial charge < -0.3 is 9.57 Å². The highest BCUT2D eigenvalue weighted by atomic mass is 35.5. The Labute approximate surface area is 182 Å². The first kappa shape index (κ1) is 23.5.